The van der Waals surface area contributed by atoms with Crippen molar-refractivity contribution in [3.05, 3.63) is 34.4 Å². The molecular formula is C14H18N4O5. The van der Waals surface area contributed by atoms with Crippen molar-refractivity contribution in [1.82, 2.24) is 4.90 Å². The van der Waals surface area contributed by atoms with Crippen molar-refractivity contribution < 1.29 is 19.2 Å². The molecule has 23 heavy (non-hydrogen) atoms. The number of non-ortho nitro benzene ring substituents is 1. The largest absolute Gasteiger partial charge is 0.460 e. The minimum atomic E-state index is -0.524. The van der Waals surface area contributed by atoms with Gasteiger partial charge in [-0.1, -0.05) is 0 Å². The number of hydrogen-bond donors (Lipinski definition) is 1. The van der Waals surface area contributed by atoms with Gasteiger partial charge < -0.3 is 14.4 Å². The van der Waals surface area contributed by atoms with Gasteiger partial charge in [-0.25, -0.2) is 4.79 Å². The van der Waals surface area contributed by atoms with Crippen LogP contribution in [0.5, 0.6) is 0 Å². The van der Waals surface area contributed by atoms with Crippen LogP contribution in [0.15, 0.2) is 29.4 Å². The molecule has 1 aromatic rings. The van der Waals surface area contributed by atoms with Crippen LogP contribution >= 0.6 is 0 Å². The predicted molar refractivity (Wildman–Crippen MR) is 83.2 cm³/mol. The SMILES string of the molecule is CCOC(=O)/C(=N/Nc1ccc([N+](=O)[O-])cc1)N1CCOCC1. The molecule has 2 rings (SSSR count). The van der Waals surface area contributed by atoms with Crippen LogP contribution in [-0.2, 0) is 14.3 Å². The smallest absolute Gasteiger partial charge is 0.375 e. The molecule has 0 unspecified atom stereocenters. The fourth-order valence-electron chi connectivity index (χ4n) is 1.99. The number of morpholine rings is 1. The molecule has 0 amide bonds. The lowest BCUT2D eigenvalue weighted by Gasteiger charge is -2.28. The summed E-state index contributed by atoms with van der Waals surface area (Å²) >= 11 is 0. The van der Waals surface area contributed by atoms with Crippen molar-refractivity contribution in [2.45, 2.75) is 6.92 Å². The Morgan fingerprint density at radius 1 is 1.39 bits per heavy atom. The van der Waals surface area contributed by atoms with Crippen molar-refractivity contribution in [3.8, 4) is 0 Å². The Bertz CT molecular complexity index is 581. The van der Waals surface area contributed by atoms with E-state index < -0.39 is 10.9 Å². The van der Waals surface area contributed by atoms with E-state index in [1.165, 1.54) is 24.3 Å². The minimum absolute atomic E-state index is 0.0154. The predicted octanol–water partition coefficient (Wildman–Crippen LogP) is 1.22. The second-order valence-corrected chi connectivity index (χ2v) is 4.67. The molecule has 0 radical (unpaired) electrons. The molecule has 1 aliphatic rings. The number of nitrogens with zero attached hydrogens (tertiary/aromatic N) is 3. The number of esters is 1. The van der Waals surface area contributed by atoms with E-state index >= 15 is 0 Å². The molecule has 1 fully saturated rings. The second kappa shape index (κ2) is 8.08. The molecule has 0 aromatic heterocycles. The van der Waals surface area contributed by atoms with Crippen LogP contribution in [-0.4, -0.2) is 54.5 Å². The van der Waals surface area contributed by atoms with Gasteiger partial charge in [0.1, 0.15) is 0 Å². The summed E-state index contributed by atoms with van der Waals surface area (Å²) in [5.41, 5.74) is 3.25. The highest BCUT2D eigenvalue weighted by atomic mass is 16.6. The highest BCUT2D eigenvalue weighted by Crippen LogP contribution is 2.15. The summed E-state index contributed by atoms with van der Waals surface area (Å²) in [7, 11) is 0. The molecule has 1 aliphatic heterocycles. The first kappa shape index (κ1) is 16.7. The zero-order valence-corrected chi connectivity index (χ0v) is 12.7. The van der Waals surface area contributed by atoms with Crippen LogP contribution in [0.25, 0.3) is 0 Å². The highest BCUT2D eigenvalue weighted by Gasteiger charge is 2.23. The quantitative estimate of drug-likeness (QED) is 0.292. The third-order valence-electron chi connectivity index (χ3n) is 3.14. The first-order valence-electron chi connectivity index (χ1n) is 7.19. The number of nitro benzene ring substituents is 1. The summed E-state index contributed by atoms with van der Waals surface area (Å²) in [6.07, 6.45) is 0. The van der Waals surface area contributed by atoms with E-state index in [9.17, 15) is 14.9 Å². The van der Waals surface area contributed by atoms with Gasteiger partial charge >= 0.3 is 5.97 Å². The van der Waals surface area contributed by atoms with E-state index in [4.69, 9.17) is 9.47 Å². The van der Waals surface area contributed by atoms with Crippen LogP contribution in [0.2, 0.25) is 0 Å². The maximum absolute atomic E-state index is 12.0. The van der Waals surface area contributed by atoms with Gasteiger partial charge in [-0.3, -0.25) is 15.5 Å². The normalized spacial score (nSPS) is 15.2. The Morgan fingerprint density at radius 3 is 2.61 bits per heavy atom. The van der Waals surface area contributed by atoms with Gasteiger partial charge in [-0.2, -0.15) is 0 Å². The van der Waals surface area contributed by atoms with E-state index in [0.717, 1.165) is 0 Å². The molecule has 1 N–H and O–H groups in total. The lowest BCUT2D eigenvalue weighted by Crippen LogP contribution is -2.45. The zero-order chi connectivity index (χ0) is 16.7. The molecule has 9 heteroatoms. The number of nitro groups is 1. The zero-order valence-electron chi connectivity index (χ0n) is 12.7. The van der Waals surface area contributed by atoms with E-state index in [1.54, 1.807) is 11.8 Å². The van der Waals surface area contributed by atoms with Gasteiger partial charge in [0.05, 0.1) is 30.4 Å². The lowest BCUT2D eigenvalue weighted by molar-refractivity contribution is -0.384. The molecule has 1 aromatic carbocycles. The second-order valence-electron chi connectivity index (χ2n) is 4.67. The Kier molecular flexibility index (Phi) is 5.87. The maximum atomic E-state index is 12.0. The number of carbonyl (C=O) groups is 1. The van der Waals surface area contributed by atoms with Crippen molar-refractivity contribution in [3.63, 3.8) is 0 Å². The number of amidine groups is 1. The van der Waals surface area contributed by atoms with Gasteiger partial charge in [0.2, 0.25) is 5.84 Å². The number of rotatable bonds is 4. The average molecular weight is 322 g/mol. The summed E-state index contributed by atoms with van der Waals surface area (Å²) in [6, 6.07) is 5.75. The van der Waals surface area contributed by atoms with Crippen LogP contribution in [0.3, 0.4) is 0 Å². The highest BCUT2D eigenvalue weighted by molar-refractivity contribution is 6.35. The molecular weight excluding hydrogens is 304 g/mol. The van der Waals surface area contributed by atoms with Crippen LogP contribution in [0.1, 0.15) is 6.92 Å². The number of anilines is 1. The molecule has 0 saturated carbocycles. The number of nitrogens with one attached hydrogen (secondary N) is 1. The summed E-state index contributed by atoms with van der Waals surface area (Å²) in [4.78, 5) is 24.0. The van der Waals surface area contributed by atoms with Crippen LogP contribution < -0.4 is 5.43 Å². The molecule has 9 nitrogen and oxygen atoms in total. The molecule has 0 aliphatic carbocycles. The first-order valence-corrected chi connectivity index (χ1v) is 7.19. The summed E-state index contributed by atoms with van der Waals surface area (Å²) < 4.78 is 10.3. The van der Waals surface area contributed by atoms with Gasteiger partial charge in [0.25, 0.3) is 5.69 Å². The van der Waals surface area contributed by atoms with Gasteiger partial charge in [0, 0.05) is 25.2 Å². The Morgan fingerprint density at radius 2 is 2.04 bits per heavy atom. The van der Waals surface area contributed by atoms with E-state index in [1.807, 2.05) is 0 Å². The Balaban J connectivity index is 2.12. The topological polar surface area (TPSA) is 106 Å². The van der Waals surface area contributed by atoms with Gasteiger partial charge in [-0.05, 0) is 19.1 Å². The molecule has 0 atom stereocenters. The van der Waals surface area contributed by atoms with Crippen molar-refractivity contribution in [2.24, 2.45) is 5.10 Å². The lowest BCUT2D eigenvalue weighted by atomic mass is 10.3. The Hall–Kier alpha value is -2.68. The van der Waals surface area contributed by atoms with Crippen molar-refractivity contribution in [2.75, 3.05) is 38.3 Å². The third-order valence-corrected chi connectivity index (χ3v) is 3.14. The summed E-state index contributed by atoms with van der Waals surface area (Å²) in [5, 5.41) is 14.7. The molecule has 1 saturated heterocycles. The van der Waals surface area contributed by atoms with Crippen LogP contribution in [0.4, 0.5) is 11.4 Å². The number of carbonyl (C=O) groups excluding carboxylic acids is 1. The molecule has 124 valence electrons. The fraction of sp³-hybridized carbons (Fsp3) is 0.429. The van der Waals surface area contributed by atoms with E-state index in [-0.39, 0.29) is 18.1 Å². The average Bonchev–Trinajstić information content (AvgIpc) is 2.57. The summed E-state index contributed by atoms with van der Waals surface area (Å²) in [6.45, 7) is 4.07. The van der Waals surface area contributed by atoms with Crippen molar-refractivity contribution >= 4 is 23.2 Å². The minimum Gasteiger partial charge on any atom is -0.460 e. The molecule has 0 spiro atoms. The molecule has 0 bridgehead atoms. The molecule has 1 heterocycles. The fourth-order valence-corrected chi connectivity index (χ4v) is 1.99. The van der Waals surface area contributed by atoms with Crippen molar-refractivity contribution in [1.29, 1.82) is 0 Å². The van der Waals surface area contributed by atoms with Crippen LogP contribution in [0, 0.1) is 10.1 Å². The number of hydrazone groups is 1. The maximum Gasteiger partial charge on any atom is 0.375 e. The van der Waals surface area contributed by atoms with E-state index in [0.29, 0.717) is 32.0 Å². The third kappa shape index (κ3) is 4.65. The number of benzene rings is 1. The Labute approximate surface area is 133 Å². The standard InChI is InChI=1S/C14H18N4O5/c1-2-23-14(19)13(17-7-9-22-10-8-17)16-15-11-3-5-12(6-4-11)18(20)21/h3-6,15H,2,7-10H2,1H3/b16-13-. The van der Waals surface area contributed by atoms with Gasteiger partial charge in [-0.15, -0.1) is 5.10 Å². The van der Waals surface area contributed by atoms with Gasteiger partial charge in [0.15, 0.2) is 0 Å². The number of hydrogen-bond acceptors (Lipinski definition) is 7. The number of ether oxygens (including phenoxy) is 2. The first-order chi connectivity index (χ1) is 11.1. The summed E-state index contributed by atoms with van der Waals surface area (Å²) in [5.74, 6) is -0.364. The monoisotopic (exact) mass is 322 g/mol. The van der Waals surface area contributed by atoms with E-state index in [2.05, 4.69) is 10.5 Å².